The van der Waals surface area contributed by atoms with Crippen molar-refractivity contribution in [2.45, 2.75) is 71.1 Å². The number of hydrogen-bond donors (Lipinski definition) is 1. The summed E-state index contributed by atoms with van der Waals surface area (Å²) in [5.41, 5.74) is -2.56. The van der Waals surface area contributed by atoms with E-state index in [1.807, 2.05) is 20.8 Å². The van der Waals surface area contributed by atoms with Crippen molar-refractivity contribution in [2.75, 3.05) is 13.7 Å². The Labute approximate surface area is 138 Å². The zero-order valence-corrected chi connectivity index (χ0v) is 15.1. The van der Waals surface area contributed by atoms with Crippen LogP contribution in [0.15, 0.2) is 0 Å². The molecular weight excluding hydrogens is 302 g/mol. The predicted octanol–water partition coefficient (Wildman–Crippen LogP) is 2.22. The monoisotopic (exact) mass is 331 g/mol. The molecule has 1 atom stereocenters. The van der Waals surface area contributed by atoms with E-state index in [0.29, 0.717) is 6.29 Å². The molecule has 1 N–H and O–H groups in total. The summed E-state index contributed by atoms with van der Waals surface area (Å²) < 4.78 is 15.4. The van der Waals surface area contributed by atoms with Crippen molar-refractivity contribution < 1.29 is 28.6 Å². The molecule has 0 aliphatic heterocycles. The van der Waals surface area contributed by atoms with Gasteiger partial charge >= 0.3 is 12.1 Å². The maximum Gasteiger partial charge on any atom is 0.408 e. The van der Waals surface area contributed by atoms with Gasteiger partial charge in [-0.2, -0.15) is 0 Å². The second kappa shape index (κ2) is 8.29. The minimum absolute atomic E-state index is 0.0292. The maximum atomic E-state index is 12.0. The molecule has 0 aromatic heterocycles. The van der Waals surface area contributed by atoms with E-state index in [0.717, 1.165) is 0 Å². The molecule has 23 heavy (non-hydrogen) atoms. The molecule has 0 aliphatic rings. The average Bonchev–Trinajstić information content (AvgIpc) is 2.38. The molecule has 0 aromatic carbocycles. The Hall–Kier alpha value is -1.63. The van der Waals surface area contributed by atoms with Crippen molar-refractivity contribution >= 4 is 18.3 Å². The number of carbonyl (C=O) groups is 3. The Morgan fingerprint density at radius 2 is 1.61 bits per heavy atom. The summed E-state index contributed by atoms with van der Waals surface area (Å²) in [6.07, 6.45) is -0.144. The lowest BCUT2D eigenvalue weighted by Gasteiger charge is -2.33. The van der Waals surface area contributed by atoms with Crippen LogP contribution < -0.4 is 5.32 Å². The quantitative estimate of drug-likeness (QED) is 0.568. The number of rotatable bonds is 7. The summed E-state index contributed by atoms with van der Waals surface area (Å²) >= 11 is 0. The third-order valence-corrected chi connectivity index (χ3v) is 2.74. The van der Waals surface area contributed by atoms with Crippen molar-refractivity contribution in [3.8, 4) is 0 Å². The van der Waals surface area contributed by atoms with Crippen LogP contribution in [0, 0.1) is 0 Å². The van der Waals surface area contributed by atoms with Crippen LogP contribution in [0.3, 0.4) is 0 Å². The molecular formula is C16H29NO6. The van der Waals surface area contributed by atoms with Gasteiger partial charge < -0.3 is 24.3 Å². The van der Waals surface area contributed by atoms with Crippen molar-refractivity contribution in [3.05, 3.63) is 0 Å². The minimum Gasteiger partial charge on any atom is -0.469 e. The van der Waals surface area contributed by atoms with Crippen LogP contribution in [0.4, 0.5) is 4.79 Å². The lowest BCUT2D eigenvalue weighted by molar-refractivity contribution is -0.141. The van der Waals surface area contributed by atoms with Crippen molar-refractivity contribution in [2.24, 2.45) is 0 Å². The first-order chi connectivity index (χ1) is 10.3. The van der Waals surface area contributed by atoms with Crippen molar-refractivity contribution in [1.82, 2.24) is 5.32 Å². The second-order valence-electron chi connectivity index (χ2n) is 7.38. The molecule has 7 nitrogen and oxygen atoms in total. The Kier molecular flexibility index (Phi) is 7.70. The van der Waals surface area contributed by atoms with Crippen molar-refractivity contribution in [3.63, 3.8) is 0 Å². The zero-order valence-electron chi connectivity index (χ0n) is 15.1. The fourth-order valence-corrected chi connectivity index (χ4v) is 1.57. The standard InChI is InChI=1S/C16H29NO6/c1-14(2,3)22-11-16(10-18,9-8-12(19)21-7)17-13(20)23-15(4,5)6/h10H,8-9,11H2,1-7H3,(H,17,20). The number of esters is 1. The van der Waals surface area contributed by atoms with Gasteiger partial charge in [0.1, 0.15) is 17.4 Å². The molecule has 0 saturated carbocycles. The molecule has 0 rings (SSSR count). The van der Waals surface area contributed by atoms with Gasteiger partial charge in [0.05, 0.1) is 19.3 Å². The first-order valence-corrected chi connectivity index (χ1v) is 7.51. The van der Waals surface area contributed by atoms with E-state index in [9.17, 15) is 14.4 Å². The molecule has 0 saturated heterocycles. The van der Waals surface area contributed by atoms with Gasteiger partial charge in [-0.15, -0.1) is 0 Å². The minimum atomic E-state index is -1.36. The van der Waals surface area contributed by atoms with E-state index >= 15 is 0 Å². The number of nitrogens with one attached hydrogen (secondary N) is 1. The Morgan fingerprint density at radius 3 is 2.00 bits per heavy atom. The summed E-state index contributed by atoms with van der Waals surface area (Å²) in [5, 5.41) is 2.53. The number of carbonyl (C=O) groups excluding carboxylic acids is 3. The van der Waals surface area contributed by atoms with Crippen LogP contribution in [0.2, 0.25) is 0 Å². The molecule has 0 aromatic rings. The predicted molar refractivity (Wildman–Crippen MR) is 85.1 cm³/mol. The Balaban J connectivity index is 5.11. The summed E-state index contributed by atoms with van der Waals surface area (Å²) in [5.74, 6) is -0.474. The van der Waals surface area contributed by atoms with E-state index in [4.69, 9.17) is 9.47 Å². The van der Waals surface area contributed by atoms with Crippen LogP contribution in [0.5, 0.6) is 0 Å². The first-order valence-electron chi connectivity index (χ1n) is 7.51. The molecule has 1 unspecified atom stereocenters. The topological polar surface area (TPSA) is 90.9 Å². The van der Waals surface area contributed by atoms with E-state index in [2.05, 4.69) is 10.1 Å². The van der Waals surface area contributed by atoms with Gasteiger partial charge in [0.15, 0.2) is 0 Å². The highest BCUT2D eigenvalue weighted by Gasteiger charge is 2.36. The third kappa shape index (κ3) is 9.89. The number of methoxy groups -OCH3 is 1. The molecule has 0 aliphatic carbocycles. The number of alkyl carbamates (subject to hydrolysis) is 1. The fraction of sp³-hybridized carbons (Fsp3) is 0.812. The smallest absolute Gasteiger partial charge is 0.408 e. The largest absolute Gasteiger partial charge is 0.469 e. The Bertz CT molecular complexity index is 421. The SMILES string of the molecule is COC(=O)CCC(C=O)(COC(C)(C)C)NC(=O)OC(C)(C)C. The first kappa shape index (κ1) is 21.4. The molecule has 134 valence electrons. The highest BCUT2D eigenvalue weighted by Crippen LogP contribution is 2.18. The molecule has 1 amide bonds. The average molecular weight is 331 g/mol. The van der Waals surface area contributed by atoms with E-state index < -0.39 is 28.8 Å². The van der Waals surface area contributed by atoms with Crippen LogP contribution in [0.25, 0.3) is 0 Å². The summed E-state index contributed by atoms with van der Waals surface area (Å²) in [6.45, 7) is 10.6. The van der Waals surface area contributed by atoms with Gasteiger partial charge in [-0.25, -0.2) is 4.79 Å². The molecule has 0 bridgehead atoms. The van der Waals surface area contributed by atoms with Crippen LogP contribution >= 0.6 is 0 Å². The van der Waals surface area contributed by atoms with Gasteiger partial charge in [-0.1, -0.05) is 0 Å². The second-order valence-corrected chi connectivity index (χ2v) is 7.38. The number of ether oxygens (including phenoxy) is 3. The molecule has 0 spiro atoms. The molecule has 7 heteroatoms. The lowest BCUT2D eigenvalue weighted by atomic mass is 9.95. The van der Waals surface area contributed by atoms with E-state index in [-0.39, 0.29) is 19.4 Å². The normalized spacial score (nSPS) is 14.6. The fourth-order valence-electron chi connectivity index (χ4n) is 1.57. The van der Waals surface area contributed by atoms with Crippen LogP contribution in [-0.2, 0) is 23.8 Å². The third-order valence-electron chi connectivity index (χ3n) is 2.74. The number of hydrogen-bond acceptors (Lipinski definition) is 6. The lowest BCUT2D eigenvalue weighted by Crippen LogP contribution is -2.55. The van der Waals surface area contributed by atoms with Gasteiger partial charge in [-0.3, -0.25) is 4.79 Å². The molecule has 0 radical (unpaired) electrons. The Morgan fingerprint density at radius 1 is 1.04 bits per heavy atom. The summed E-state index contributed by atoms with van der Waals surface area (Å²) in [4.78, 5) is 35.0. The van der Waals surface area contributed by atoms with Gasteiger partial charge in [-0.05, 0) is 48.0 Å². The maximum absolute atomic E-state index is 12.0. The number of amides is 1. The highest BCUT2D eigenvalue weighted by molar-refractivity contribution is 5.78. The summed E-state index contributed by atoms with van der Waals surface area (Å²) in [7, 11) is 1.26. The van der Waals surface area contributed by atoms with Crippen molar-refractivity contribution in [1.29, 1.82) is 0 Å². The van der Waals surface area contributed by atoms with Gasteiger partial charge in [0, 0.05) is 6.42 Å². The molecule has 0 heterocycles. The number of aldehydes is 1. The summed E-state index contributed by atoms with van der Waals surface area (Å²) in [6, 6.07) is 0. The molecule has 0 fully saturated rings. The van der Waals surface area contributed by atoms with Gasteiger partial charge in [0.2, 0.25) is 0 Å². The van der Waals surface area contributed by atoms with E-state index in [1.54, 1.807) is 20.8 Å². The highest BCUT2D eigenvalue weighted by atomic mass is 16.6. The zero-order chi connectivity index (χ0) is 18.3. The van der Waals surface area contributed by atoms with Crippen LogP contribution in [0.1, 0.15) is 54.4 Å². The van der Waals surface area contributed by atoms with E-state index in [1.165, 1.54) is 7.11 Å². The van der Waals surface area contributed by atoms with Gasteiger partial charge in [0.25, 0.3) is 0 Å². The van der Waals surface area contributed by atoms with Crippen LogP contribution in [-0.4, -0.2) is 48.8 Å².